The third-order valence-electron chi connectivity index (χ3n) is 8.83. The standard InChI is InChI=1S/C29H35N3O9S/c1-10-6-13-7-15-28(36)32-16-8-40-29(37)14(30)9-42-27(21(32)20(31-15)17(13)22(34)24(10)38-4)19-18(16)23(35)26(39-5)11(2)25(19)41-12(3)33/h6,14-16,20-21,27-28,31,34-36H,7-9,30H2,1-5H3/t14-,15-,16-,20-,21+,27+,28-/m0/s1. The van der Waals surface area contributed by atoms with Crippen LogP contribution in [0.25, 0.3) is 0 Å². The Morgan fingerprint density at radius 1 is 1.12 bits per heavy atom. The highest BCUT2D eigenvalue weighted by Crippen LogP contribution is 2.61. The van der Waals surface area contributed by atoms with E-state index in [2.05, 4.69) is 5.32 Å². The number of esters is 2. The van der Waals surface area contributed by atoms with Crippen LogP contribution in [0, 0.1) is 13.8 Å². The Balaban J connectivity index is 1.67. The van der Waals surface area contributed by atoms with Gasteiger partial charge in [0.2, 0.25) is 0 Å². The average molecular weight is 602 g/mol. The number of benzene rings is 2. The number of carbonyl (C=O) groups is 2. The number of aliphatic hydroxyl groups excluding tert-OH is 1. The van der Waals surface area contributed by atoms with Gasteiger partial charge in [0.25, 0.3) is 0 Å². The Morgan fingerprint density at radius 2 is 1.81 bits per heavy atom. The normalized spacial score (nSPS) is 30.0. The third kappa shape index (κ3) is 4.13. The lowest BCUT2D eigenvalue weighted by Crippen LogP contribution is -2.69. The fraction of sp³-hybridized carbons (Fsp3) is 0.517. The number of aromatic hydroxyl groups is 2. The second-order valence-corrected chi connectivity index (χ2v) is 12.4. The summed E-state index contributed by atoms with van der Waals surface area (Å²) < 4.78 is 22.6. The number of phenolic OH excluding ortho intramolecular Hbond substituents is 2. The highest BCUT2D eigenvalue weighted by atomic mass is 32.2. The zero-order valence-electron chi connectivity index (χ0n) is 24.0. The van der Waals surface area contributed by atoms with Gasteiger partial charge in [-0.25, -0.2) is 0 Å². The van der Waals surface area contributed by atoms with Crippen molar-refractivity contribution in [3.05, 3.63) is 39.4 Å². The van der Waals surface area contributed by atoms with Gasteiger partial charge in [-0.2, -0.15) is 0 Å². The van der Waals surface area contributed by atoms with Crippen molar-refractivity contribution in [2.75, 3.05) is 26.6 Å². The predicted molar refractivity (Wildman–Crippen MR) is 152 cm³/mol. The van der Waals surface area contributed by atoms with Gasteiger partial charge in [0, 0.05) is 41.0 Å². The monoisotopic (exact) mass is 601 g/mol. The van der Waals surface area contributed by atoms with Crippen molar-refractivity contribution < 1.29 is 43.9 Å². The molecule has 0 aromatic heterocycles. The van der Waals surface area contributed by atoms with Gasteiger partial charge in [0.1, 0.15) is 24.6 Å². The fourth-order valence-electron chi connectivity index (χ4n) is 7.20. The van der Waals surface area contributed by atoms with E-state index in [0.717, 1.165) is 11.1 Å². The Hall–Kier alpha value is -3.23. The molecule has 0 aliphatic carbocycles. The number of nitrogens with zero attached hydrogens (tertiary/aromatic N) is 1. The number of carbonyl (C=O) groups excluding carboxylic acids is 2. The maximum Gasteiger partial charge on any atom is 0.323 e. The van der Waals surface area contributed by atoms with Crippen LogP contribution in [-0.4, -0.2) is 83.1 Å². The molecule has 2 saturated heterocycles. The summed E-state index contributed by atoms with van der Waals surface area (Å²) in [6.45, 7) is 4.61. The number of hydrogen-bond acceptors (Lipinski definition) is 13. The molecule has 4 aliphatic heterocycles. The van der Waals surface area contributed by atoms with Crippen LogP contribution in [0.15, 0.2) is 6.07 Å². The second kappa shape index (κ2) is 10.5. The lowest BCUT2D eigenvalue weighted by Gasteiger charge is -2.59. The van der Waals surface area contributed by atoms with E-state index in [0.29, 0.717) is 34.4 Å². The van der Waals surface area contributed by atoms with Gasteiger partial charge in [-0.1, -0.05) is 6.07 Å². The molecule has 4 bridgehead atoms. The molecule has 13 heteroatoms. The minimum Gasteiger partial charge on any atom is -0.504 e. The van der Waals surface area contributed by atoms with E-state index >= 15 is 0 Å². The first kappa shape index (κ1) is 28.9. The zero-order chi connectivity index (χ0) is 30.2. The van der Waals surface area contributed by atoms with Crippen LogP contribution < -0.4 is 25.3 Å². The minimum absolute atomic E-state index is 0.00933. The summed E-state index contributed by atoms with van der Waals surface area (Å²) in [6, 6.07) is -1.35. The van der Waals surface area contributed by atoms with Crippen LogP contribution in [0.5, 0.6) is 28.7 Å². The Labute approximate surface area is 247 Å². The number of hydrogen-bond donors (Lipinski definition) is 5. The average Bonchev–Trinajstić information content (AvgIpc) is 2.94. The van der Waals surface area contributed by atoms with E-state index in [1.165, 1.54) is 32.9 Å². The summed E-state index contributed by atoms with van der Waals surface area (Å²) in [6.07, 6.45) is -0.653. The van der Waals surface area contributed by atoms with Crippen molar-refractivity contribution in [2.24, 2.45) is 5.73 Å². The molecule has 0 radical (unpaired) electrons. The summed E-state index contributed by atoms with van der Waals surface area (Å²) in [5, 5.41) is 38.0. The lowest BCUT2D eigenvalue weighted by molar-refractivity contribution is -0.159. The molecule has 0 spiro atoms. The molecule has 6 N–H and O–H groups in total. The first-order valence-electron chi connectivity index (χ1n) is 13.8. The number of ether oxygens (including phenoxy) is 4. The van der Waals surface area contributed by atoms with Gasteiger partial charge >= 0.3 is 11.9 Å². The number of nitrogens with two attached hydrogens (primary N) is 1. The van der Waals surface area contributed by atoms with Crippen molar-refractivity contribution in [3.63, 3.8) is 0 Å². The first-order chi connectivity index (χ1) is 20.0. The van der Waals surface area contributed by atoms with Crippen LogP contribution in [0.4, 0.5) is 0 Å². The quantitative estimate of drug-likeness (QED) is 0.254. The molecular formula is C29H35N3O9S. The number of rotatable bonds is 3. The Bertz CT molecular complexity index is 1480. The van der Waals surface area contributed by atoms with Gasteiger partial charge in [0.15, 0.2) is 23.0 Å². The second-order valence-electron chi connectivity index (χ2n) is 11.2. The molecule has 7 atom stereocenters. The van der Waals surface area contributed by atoms with E-state index in [-0.39, 0.29) is 35.4 Å². The van der Waals surface area contributed by atoms with E-state index in [4.69, 9.17) is 24.7 Å². The zero-order valence-corrected chi connectivity index (χ0v) is 24.8. The molecule has 2 aromatic rings. The molecule has 0 amide bonds. The summed E-state index contributed by atoms with van der Waals surface area (Å²) in [4.78, 5) is 27.0. The van der Waals surface area contributed by atoms with Crippen LogP contribution >= 0.6 is 11.8 Å². The van der Waals surface area contributed by atoms with Gasteiger partial charge in [-0.3, -0.25) is 14.5 Å². The van der Waals surface area contributed by atoms with Crippen molar-refractivity contribution >= 4 is 23.7 Å². The minimum atomic E-state index is -1.07. The van der Waals surface area contributed by atoms with Gasteiger partial charge in [-0.15, -0.1) is 11.8 Å². The Morgan fingerprint density at radius 3 is 2.48 bits per heavy atom. The number of piperazine rings is 1. The number of nitrogens with one attached hydrogen (secondary N) is 1. The number of aryl methyl sites for hydroxylation is 1. The predicted octanol–water partition coefficient (Wildman–Crippen LogP) is 1.63. The largest absolute Gasteiger partial charge is 0.504 e. The maximum atomic E-state index is 12.8. The maximum absolute atomic E-state index is 12.8. The molecule has 4 aliphatic rings. The molecule has 12 nitrogen and oxygen atoms in total. The molecule has 0 saturated carbocycles. The van der Waals surface area contributed by atoms with Crippen LogP contribution in [0.3, 0.4) is 0 Å². The highest BCUT2D eigenvalue weighted by Gasteiger charge is 2.58. The van der Waals surface area contributed by atoms with E-state index in [9.17, 15) is 24.9 Å². The topological polar surface area (TPSA) is 173 Å². The van der Waals surface area contributed by atoms with Crippen molar-refractivity contribution in [3.8, 4) is 28.7 Å². The van der Waals surface area contributed by atoms with Crippen molar-refractivity contribution in [1.29, 1.82) is 0 Å². The smallest absolute Gasteiger partial charge is 0.323 e. The van der Waals surface area contributed by atoms with Crippen molar-refractivity contribution in [1.82, 2.24) is 10.2 Å². The highest BCUT2D eigenvalue weighted by molar-refractivity contribution is 7.99. The van der Waals surface area contributed by atoms with E-state index in [1.807, 2.05) is 17.9 Å². The molecule has 0 unspecified atom stereocenters. The molecular weight excluding hydrogens is 566 g/mol. The number of thioether (sulfide) groups is 1. The van der Waals surface area contributed by atoms with E-state index in [1.54, 1.807) is 6.92 Å². The number of fused-ring (bicyclic) bond motifs is 7. The number of cyclic esters (lactones) is 1. The molecule has 2 fully saturated rings. The Kier molecular flexibility index (Phi) is 7.21. The summed E-state index contributed by atoms with van der Waals surface area (Å²) in [5.41, 5.74) is 9.80. The third-order valence-corrected chi connectivity index (χ3v) is 10.3. The molecule has 42 heavy (non-hydrogen) atoms. The van der Waals surface area contributed by atoms with Crippen LogP contribution in [-0.2, 0) is 20.7 Å². The molecule has 6 rings (SSSR count). The van der Waals surface area contributed by atoms with Gasteiger partial charge in [0.05, 0.1) is 37.6 Å². The van der Waals surface area contributed by atoms with Crippen LogP contribution in [0.2, 0.25) is 0 Å². The fourth-order valence-corrected chi connectivity index (χ4v) is 8.65. The van der Waals surface area contributed by atoms with E-state index < -0.39 is 53.6 Å². The summed E-state index contributed by atoms with van der Waals surface area (Å²) >= 11 is 1.34. The summed E-state index contributed by atoms with van der Waals surface area (Å²) in [7, 11) is 2.90. The van der Waals surface area contributed by atoms with Gasteiger partial charge < -0.3 is 45.3 Å². The first-order valence-corrected chi connectivity index (χ1v) is 14.8. The number of methoxy groups -OCH3 is 2. The van der Waals surface area contributed by atoms with Crippen molar-refractivity contribution in [2.45, 2.75) is 68.9 Å². The molecule has 4 heterocycles. The SMILES string of the molecule is COc1c(C)cc2c(c1O)[C@@H]1N[C@@H](C2)[C@H](O)N2[C@H]1[C@@H]1SC[C@H](N)C(=O)OC[C@H]2c2c(O)c(OC)c(C)c(OC(C)=O)c21. The van der Waals surface area contributed by atoms with Crippen LogP contribution in [0.1, 0.15) is 57.6 Å². The number of aliphatic hydroxyl groups is 1. The number of phenols is 2. The molecule has 2 aromatic carbocycles. The summed E-state index contributed by atoms with van der Waals surface area (Å²) in [5.74, 6) is -0.486. The molecule has 226 valence electrons. The lowest BCUT2D eigenvalue weighted by atomic mass is 9.74. The van der Waals surface area contributed by atoms with Gasteiger partial charge in [-0.05, 0) is 31.4 Å².